The lowest BCUT2D eigenvalue weighted by Gasteiger charge is -2.23. The van der Waals surface area contributed by atoms with Crippen LogP contribution in [-0.2, 0) is 16.0 Å². The minimum Gasteiger partial charge on any atom is -0.492 e. The fraction of sp³-hybridized carbons (Fsp3) is 0.300. The van der Waals surface area contributed by atoms with E-state index in [0.29, 0.717) is 36.6 Å². The molecule has 2 rings (SSSR count). The molecule has 0 aromatic heterocycles. The van der Waals surface area contributed by atoms with Crippen LogP contribution in [0.15, 0.2) is 48.5 Å². The Morgan fingerprint density at radius 1 is 1.12 bits per heavy atom. The van der Waals surface area contributed by atoms with Crippen molar-refractivity contribution in [3.05, 3.63) is 59.9 Å². The van der Waals surface area contributed by atoms with Crippen LogP contribution in [0.2, 0.25) is 0 Å². The van der Waals surface area contributed by atoms with E-state index in [0.717, 1.165) is 0 Å². The van der Waals surface area contributed by atoms with Crippen LogP contribution >= 0.6 is 0 Å². The molecule has 0 heterocycles. The Morgan fingerprint density at radius 3 is 2.50 bits per heavy atom. The maximum atomic E-state index is 13.6. The molecule has 0 saturated carbocycles. The molecule has 0 saturated heterocycles. The molecule has 2 aromatic carbocycles. The van der Waals surface area contributed by atoms with Crippen LogP contribution in [0.5, 0.6) is 5.75 Å². The summed E-state index contributed by atoms with van der Waals surface area (Å²) in [6.45, 7) is 3.87. The maximum absolute atomic E-state index is 13.6. The van der Waals surface area contributed by atoms with Gasteiger partial charge < -0.3 is 10.1 Å². The summed E-state index contributed by atoms with van der Waals surface area (Å²) in [7, 11) is 0. The number of hydrogen-bond donors (Lipinski definition) is 1. The molecule has 0 bridgehead atoms. The van der Waals surface area contributed by atoms with Crippen LogP contribution in [0.1, 0.15) is 19.4 Å². The van der Waals surface area contributed by atoms with Gasteiger partial charge in [0.05, 0.1) is 12.3 Å². The van der Waals surface area contributed by atoms with E-state index in [9.17, 15) is 14.0 Å². The maximum Gasteiger partial charge on any atom is 0.240 e. The number of carbonyl (C=O) groups is 2. The van der Waals surface area contributed by atoms with Crippen LogP contribution in [-0.4, -0.2) is 31.5 Å². The lowest BCUT2D eigenvalue weighted by atomic mass is 10.1. The number of ether oxygens (including phenoxy) is 1. The normalized spacial score (nSPS) is 10.3. The van der Waals surface area contributed by atoms with Crippen LogP contribution in [0.4, 0.5) is 10.1 Å². The molecule has 2 aromatic rings. The minimum absolute atomic E-state index is 0.128. The first kappa shape index (κ1) is 19.4. The van der Waals surface area contributed by atoms with E-state index in [2.05, 4.69) is 5.32 Å². The molecule has 5 nitrogen and oxygen atoms in total. The van der Waals surface area contributed by atoms with Gasteiger partial charge in [0.2, 0.25) is 11.8 Å². The van der Waals surface area contributed by atoms with Crippen molar-refractivity contribution < 1.29 is 18.7 Å². The first-order valence-corrected chi connectivity index (χ1v) is 8.53. The third kappa shape index (κ3) is 5.31. The standard InChI is InChI=1S/C20H23FN2O3/c1-3-26-19-11-7-6-10-18(19)23(15(2)24)14-20(25)22-13-12-16-8-4-5-9-17(16)21/h4-11H,3,12-14H2,1-2H3,(H,22,25). The lowest BCUT2D eigenvalue weighted by molar-refractivity contribution is -0.123. The second kappa shape index (κ2) is 9.56. The van der Waals surface area contributed by atoms with Crippen molar-refractivity contribution in [3.8, 4) is 5.75 Å². The largest absolute Gasteiger partial charge is 0.492 e. The zero-order valence-electron chi connectivity index (χ0n) is 15.0. The highest BCUT2D eigenvalue weighted by atomic mass is 19.1. The molecule has 1 N–H and O–H groups in total. The number of benzene rings is 2. The molecular formula is C20H23FN2O3. The lowest BCUT2D eigenvalue weighted by Crippen LogP contribution is -2.40. The Balaban J connectivity index is 1.98. The van der Waals surface area contributed by atoms with E-state index in [4.69, 9.17) is 4.74 Å². The second-order valence-corrected chi connectivity index (χ2v) is 5.70. The van der Waals surface area contributed by atoms with Gasteiger partial charge in [0.25, 0.3) is 0 Å². The molecule has 138 valence electrons. The van der Waals surface area contributed by atoms with Crippen molar-refractivity contribution in [3.63, 3.8) is 0 Å². The summed E-state index contributed by atoms with van der Waals surface area (Å²) in [5, 5.41) is 2.72. The number of halogens is 1. The van der Waals surface area contributed by atoms with Crippen molar-refractivity contribution in [2.24, 2.45) is 0 Å². The van der Waals surface area contributed by atoms with Crippen molar-refractivity contribution in [2.75, 3.05) is 24.6 Å². The summed E-state index contributed by atoms with van der Waals surface area (Å²) in [6.07, 6.45) is 0.383. The Hall–Kier alpha value is -2.89. The number of amides is 2. The van der Waals surface area contributed by atoms with E-state index in [1.807, 2.05) is 6.92 Å². The van der Waals surface area contributed by atoms with Gasteiger partial charge in [-0.2, -0.15) is 0 Å². The Morgan fingerprint density at radius 2 is 1.81 bits per heavy atom. The van der Waals surface area contributed by atoms with Crippen molar-refractivity contribution in [1.82, 2.24) is 5.32 Å². The number of para-hydroxylation sites is 2. The third-order valence-corrected chi connectivity index (χ3v) is 3.81. The quantitative estimate of drug-likeness (QED) is 0.789. The molecule has 2 amide bonds. The average molecular weight is 358 g/mol. The van der Waals surface area contributed by atoms with Crippen LogP contribution < -0.4 is 15.0 Å². The van der Waals surface area contributed by atoms with E-state index in [1.165, 1.54) is 17.9 Å². The predicted molar refractivity (Wildman–Crippen MR) is 98.8 cm³/mol. The second-order valence-electron chi connectivity index (χ2n) is 5.70. The van der Waals surface area contributed by atoms with Gasteiger partial charge in [0.1, 0.15) is 18.1 Å². The number of hydrogen-bond acceptors (Lipinski definition) is 3. The molecule has 0 aliphatic heterocycles. The van der Waals surface area contributed by atoms with Gasteiger partial charge in [-0.15, -0.1) is 0 Å². The van der Waals surface area contributed by atoms with Gasteiger partial charge in [-0.3, -0.25) is 14.5 Å². The van der Waals surface area contributed by atoms with Gasteiger partial charge in [0.15, 0.2) is 0 Å². The van der Waals surface area contributed by atoms with Gasteiger partial charge >= 0.3 is 0 Å². The van der Waals surface area contributed by atoms with E-state index in [1.54, 1.807) is 42.5 Å². The van der Waals surface area contributed by atoms with Gasteiger partial charge in [-0.1, -0.05) is 30.3 Å². The predicted octanol–water partition coefficient (Wildman–Crippen LogP) is 2.94. The highest BCUT2D eigenvalue weighted by Crippen LogP contribution is 2.28. The smallest absolute Gasteiger partial charge is 0.240 e. The van der Waals surface area contributed by atoms with Gasteiger partial charge in [-0.25, -0.2) is 4.39 Å². The molecule has 6 heteroatoms. The van der Waals surface area contributed by atoms with Crippen molar-refractivity contribution in [2.45, 2.75) is 20.3 Å². The van der Waals surface area contributed by atoms with Gasteiger partial charge in [0, 0.05) is 13.5 Å². The van der Waals surface area contributed by atoms with E-state index >= 15 is 0 Å². The first-order chi connectivity index (χ1) is 12.5. The Kier molecular flexibility index (Phi) is 7.14. The van der Waals surface area contributed by atoms with Crippen LogP contribution in [0.25, 0.3) is 0 Å². The van der Waals surface area contributed by atoms with Crippen LogP contribution in [0, 0.1) is 5.82 Å². The molecule has 0 spiro atoms. The summed E-state index contributed by atoms with van der Waals surface area (Å²) in [4.78, 5) is 25.6. The first-order valence-electron chi connectivity index (χ1n) is 8.53. The minimum atomic E-state index is -0.317. The summed E-state index contributed by atoms with van der Waals surface area (Å²) in [5.41, 5.74) is 1.09. The summed E-state index contributed by atoms with van der Waals surface area (Å²) < 4.78 is 19.1. The molecule has 0 fully saturated rings. The molecule has 0 aliphatic rings. The zero-order valence-corrected chi connectivity index (χ0v) is 15.0. The van der Waals surface area contributed by atoms with Crippen molar-refractivity contribution >= 4 is 17.5 Å². The van der Waals surface area contributed by atoms with E-state index < -0.39 is 0 Å². The SMILES string of the molecule is CCOc1ccccc1N(CC(=O)NCCc1ccccc1F)C(C)=O. The monoisotopic (exact) mass is 358 g/mol. The van der Waals surface area contributed by atoms with Crippen LogP contribution in [0.3, 0.4) is 0 Å². The molecule has 0 unspecified atom stereocenters. The highest BCUT2D eigenvalue weighted by molar-refractivity contribution is 5.98. The highest BCUT2D eigenvalue weighted by Gasteiger charge is 2.19. The molecular weight excluding hydrogens is 335 g/mol. The number of nitrogens with one attached hydrogen (secondary N) is 1. The van der Waals surface area contributed by atoms with E-state index in [-0.39, 0.29) is 24.2 Å². The number of rotatable bonds is 8. The van der Waals surface area contributed by atoms with Crippen molar-refractivity contribution in [1.29, 1.82) is 0 Å². The third-order valence-electron chi connectivity index (χ3n) is 3.81. The molecule has 0 aliphatic carbocycles. The Labute approximate surface area is 152 Å². The summed E-state index contributed by atoms with van der Waals surface area (Å²) in [5.74, 6) is -0.327. The number of anilines is 1. The fourth-order valence-corrected chi connectivity index (χ4v) is 2.56. The molecule has 26 heavy (non-hydrogen) atoms. The number of nitrogens with zero attached hydrogens (tertiary/aromatic N) is 1. The molecule has 0 atom stereocenters. The molecule has 0 radical (unpaired) electrons. The topological polar surface area (TPSA) is 58.6 Å². The Bertz CT molecular complexity index is 764. The average Bonchev–Trinajstić information content (AvgIpc) is 2.62. The fourth-order valence-electron chi connectivity index (χ4n) is 2.56. The summed E-state index contributed by atoms with van der Waals surface area (Å²) in [6, 6.07) is 13.5. The van der Waals surface area contributed by atoms with Gasteiger partial charge in [-0.05, 0) is 37.1 Å². The zero-order chi connectivity index (χ0) is 18.9. The number of carbonyl (C=O) groups excluding carboxylic acids is 2. The summed E-state index contributed by atoms with van der Waals surface area (Å²) >= 11 is 0.